The maximum absolute atomic E-state index is 12.2. The number of aliphatic imine (C=N–C) groups is 1. The fourth-order valence-corrected chi connectivity index (χ4v) is 3.79. The van der Waals surface area contributed by atoms with Crippen LogP contribution in [0.5, 0.6) is 5.75 Å². The van der Waals surface area contributed by atoms with Gasteiger partial charge in [0.15, 0.2) is 0 Å². The third-order valence-corrected chi connectivity index (χ3v) is 5.82. The molecule has 0 saturated heterocycles. The molecule has 0 spiro atoms. The molecule has 1 amide bonds. The maximum atomic E-state index is 12.2. The Kier molecular flexibility index (Phi) is 9.34. The van der Waals surface area contributed by atoms with Gasteiger partial charge >= 0.3 is 0 Å². The van der Waals surface area contributed by atoms with Crippen molar-refractivity contribution in [3.63, 3.8) is 0 Å². The Bertz CT molecular complexity index is 1290. The summed E-state index contributed by atoms with van der Waals surface area (Å²) in [4.78, 5) is 30.0. The van der Waals surface area contributed by atoms with Gasteiger partial charge in [0.05, 0.1) is 35.6 Å². The molecule has 0 saturated carbocycles. The number of ether oxygens (including phenoxy) is 1. The van der Waals surface area contributed by atoms with E-state index in [0.29, 0.717) is 28.8 Å². The van der Waals surface area contributed by atoms with Crippen LogP contribution in [0.25, 0.3) is 0 Å². The third-order valence-electron chi connectivity index (χ3n) is 5.82. The number of rotatable bonds is 11. The van der Waals surface area contributed by atoms with E-state index in [0.717, 1.165) is 35.6 Å². The molecule has 1 heterocycles. The van der Waals surface area contributed by atoms with Crippen molar-refractivity contribution in [3.8, 4) is 5.75 Å². The summed E-state index contributed by atoms with van der Waals surface area (Å²) in [7, 11) is 9.36. The number of likely N-dealkylation sites (N-methyl/N-ethyl adjacent to an activating group) is 2. The first-order valence-electron chi connectivity index (χ1n) is 11.9. The van der Waals surface area contributed by atoms with Crippen molar-refractivity contribution in [1.29, 1.82) is 0 Å². The van der Waals surface area contributed by atoms with Gasteiger partial charge in [-0.15, -0.1) is 0 Å². The van der Waals surface area contributed by atoms with Crippen molar-refractivity contribution in [3.05, 3.63) is 78.1 Å². The number of nitrogens with zero attached hydrogens (tertiary/aromatic N) is 5. The number of hydrogen-bond acceptors (Lipinski definition) is 8. The third kappa shape index (κ3) is 6.92. The molecule has 1 aromatic heterocycles. The maximum Gasteiger partial charge on any atom is 0.247 e. The Labute approximate surface area is 218 Å². The SMILES string of the molecule is C=CC(=O)Nc1cc(Nc2nccc(/C(=N/C)c3ccccc3C)n2)c(OC)cc1N(C)CCN(C)C. The van der Waals surface area contributed by atoms with Crippen LogP contribution >= 0.6 is 0 Å². The van der Waals surface area contributed by atoms with Crippen molar-refractivity contribution in [2.75, 3.05) is 63.9 Å². The van der Waals surface area contributed by atoms with Gasteiger partial charge in [-0.2, -0.15) is 0 Å². The van der Waals surface area contributed by atoms with E-state index in [-0.39, 0.29) is 5.91 Å². The predicted molar refractivity (Wildman–Crippen MR) is 152 cm³/mol. The highest BCUT2D eigenvalue weighted by atomic mass is 16.5. The topological polar surface area (TPSA) is 95.0 Å². The standard InChI is InChI=1S/C28H35N7O2/c1-8-26(36)31-22-17-23(25(37-7)18-24(22)35(6)16-15-34(4)5)33-28-30-14-13-21(32-28)27(29-3)20-12-10-9-11-19(20)2/h8-14,17-18H,1,15-16H2,2-7H3,(H,31,36)(H,30,32,33)/b29-27+. The minimum atomic E-state index is -0.307. The van der Waals surface area contributed by atoms with E-state index >= 15 is 0 Å². The van der Waals surface area contributed by atoms with Gasteiger partial charge in [0.25, 0.3) is 0 Å². The monoisotopic (exact) mass is 501 g/mol. The lowest BCUT2D eigenvalue weighted by atomic mass is 10.0. The summed E-state index contributed by atoms with van der Waals surface area (Å²) in [5, 5.41) is 6.16. The largest absolute Gasteiger partial charge is 0.494 e. The zero-order valence-electron chi connectivity index (χ0n) is 22.4. The van der Waals surface area contributed by atoms with Crippen LogP contribution in [0.2, 0.25) is 0 Å². The number of carbonyl (C=O) groups excluding carboxylic acids is 1. The predicted octanol–water partition coefficient (Wildman–Crippen LogP) is 4.13. The van der Waals surface area contributed by atoms with Crippen LogP contribution in [0.3, 0.4) is 0 Å². The molecule has 0 unspecified atom stereocenters. The Morgan fingerprint density at radius 2 is 1.89 bits per heavy atom. The summed E-state index contributed by atoms with van der Waals surface area (Å²) in [5.41, 5.74) is 5.60. The van der Waals surface area contributed by atoms with E-state index in [4.69, 9.17) is 9.72 Å². The number of methoxy groups -OCH3 is 1. The number of hydrogen-bond donors (Lipinski definition) is 2. The van der Waals surface area contributed by atoms with E-state index in [1.54, 1.807) is 20.4 Å². The summed E-state index contributed by atoms with van der Waals surface area (Å²) in [6.07, 6.45) is 2.93. The Hall–Kier alpha value is -4.24. The number of anilines is 4. The van der Waals surface area contributed by atoms with Crippen molar-refractivity contribution >= 4 is 34.6 Å². The molecular formula is C28H35N7O2. The molecule has 3 rings (SSSR count). The van der Waals surface area contributed by atoms with Crippen LogP contribution in [0.4, 0.5) is 23.0 Å². The fraction of sp³-hybridized carbons (Fsp3) is 0.286. The molecule has 37 heavy (non-hydrogen) atoms. The molecule has 2 N–H and O–H groups in total. The first-order valence-corrected chi connectivity index (χ1v) is 11.9. The smallest absolute Gasteiger partial charge is 0.247 e. The Morgan fingerprint density at radius 1 is 1.14 bits per heavy atom. The summed E-state index contributed by atoms with van der Waals surface area (Å²) in [5.74, 6) is 0.652. The van der Waals surface area contributed by atoms with Gasteiger partial charge in [0, 0.05) is 45.0 Å². The number of amides is 1. The Morgan fingerprint density at radius 3 is 2.54 bits per heavy atom. The molecule has 9 heteroatoms. The van der Waals surface area contributed by atoms with Crippen LogP contribution in [0.1, 0.15) is 16.8 Å². The van der Waals surface area contributed by atoms with E-state index in [9.17, 15) is 4.79 Å². The molecule has 0 aliphatic heterocycles. The first kappa shape index (κ1) is 27.3. The minimum absolute atomic E-state index is 0.307. The van der Waals surface area contributed by atoms with E-state index in [2.05, 4.69) is 37.0 Å². The number of carbonyl (C=O) groups is 1. The number of aryl methyl sites for hydroxylation is 1. The number of nitrogens with one attached hydrogen (secondary N) is 2. The molecule has 0 bridgehead atoms. The second-order valence-electron chi connectivity index (χ2n) is 8.77. The highest BCUT2D eigenvalue weighted by molar-refractivity contribution is 6.12. The molecule has 0 fully saturated rings. The summed E-state index contributed by atoms with van der Waals surface area (Å²) >= 11 is 0. The molecule has 0 aliphatic rings. The summed E-state index contributed by atoms with van der Waals surface area (Å²) in [6.45, 7) is 7.22. The lowest BCUT2D eigenvalue weighted by Crippen LogP contribution is -2.29. The minimum Gasteiger partial charge on any atom is -0.494 e. The van der Waals surface area contributed by atoms with Gasteiger partial charge in [-0.05, 0) is 44.8 Å². The molecule has 3 aromatic rings. The molecule has 0 atom stereocenters. The zero-order chi connectivity index (χ0) is 26.9. The molecule has 2 aromatic carbocycles. The fourth-order valence-electron chi connectivity index (χ4n) is 3.79. The lowest BCUT2D eigenvalue weighted by molar-refractivity contribution is -0.111. The second-order valence-corrected chi connectivity index (χ2v) is 8.77. The van der Waals surface area contributed by atoms with Gasteiger partial charge in [0.2, 0.25) is 11.9 Å². The molecule has 0 radical (unpaired) electrons. The molecule has 9 nitrogen and oxygen atoms in total. The van der Waals surface area contributed by atoms with Gasteiger partial charge in [-0.3, -0.25) is 9.79 Å². The second kappa shape index (κ2) is 12.6. The lowest BCUT2D eigenvalue weighted by Gasteiger charge is -2.26. The summed E-state index contributed by atoms with van der Waals surface area (Å²) < 4.78 is 5.69. The van der Waals surface area contributed by atoms with Crippen LogP contribution in [-0.2, 0) is 4.79 Å². The quantitative estimate of drug-likeness (QED) is 0.301. The average molecular weight is 502 g/mol. The van der Waals surface area contributed by atoms with Crippen LogP contribution in [0.15, 0.2) is 66.3 Å². The van der Waals surface area contributed by atoms with Gasteiger partial charge in [-0.25, -0.2) is 9.97 Å². The number of aromatic nitrogens is 2. The molecule has 0 aliphatic carbocycles. The van der Waals surface area contributed by atoms with E-state index in [1.807, 2.05) is 70.5 Å². The average Bonchev–Trinajstić information content (AvgIpc) is 2.89. The van der Waals surface area contributed by atoms with E-state index in [1.165, 1.54) is 6.08 Å². The summed E-state index contributed by atoms with van der Waals surface area (Å²) in [6, 6.07) is 13.6. The van der Waals surface area contributed by atoms with Gasteiger partial charge in [-0.1, -0.05) is 30.8 Å². The molecule has 194 valence electrons. The highest BCUT2D eigenvalue weighted by Crippen LogP contribution is 2.37. The van der Waals surface area contributed by atoms with Crippen molar-refractivity contribution in [2.24, 2.45) is 4.99 Å². The van der Waals surface area contributed by atoms with Gasteiger partial charge < -0.3 is 25.2 Å². The van der Waals surface area contributed by atoms with E-state index < -0.39 is 0 Å². The first-order chi connectivity index (χ1) is 17.8. The Balaban J connectivity index is 2.00. The normalized spacial score (nSPS) is 11.3. The molecular weight excluding hydrogens is 466 g/mol. The van der Waals surface area contributed by atoms with Crippen LogP contribution in [0, 0.1) is 6.92 Å². The van der Waals surface area contributed by atoms with Crippen molar-refractivity contribution < 1.29 is 9.53 Å². The van der Waals surface area contributed by atoms with Crippen LogP contribution < -0.4 is 20.3 Å². The van der Waals surface area contributed by atoms with Crippen LogP contribution in [-0.4, -0.2) is 74.9 Å². The van der Waals surface area contributed by atoms with Crippen molar-refractivity contribution in [1.82, 2.24) is 14.9 Å². The highest BCUT2D eigenvalue weighted by Gasteiger charge is 2.17. The van der Waals surface area contributed by atoms with Crippen molar-refractivity contribution in [2.45, 2.75) is 6.92 Å². The zero-order valence-corrected chi connectivity index (χ0v) is 22.4. The van der Waals surface area contributed by atoms with Gasteiger partial charge in [0.1, 0.15) is 5.75 Å². The number of benzene rings is 2.